The lowest BCUT2D eigenvalue weighted by Crippen LogP contribution is -2.28. The van der Waals surface area contributed by atoms with Gasteiger partial charge in [-0.2, -0.15) is 4.31 Å². The molecule has 0 atom stereocenters. The van der Waals surface area contributed by atoms with Crippen molar-refractivity contribution in [3.8, 4) is 0 Å². The quantitative estimate of drug-likeness (QED) is 0.782. The first kappa shape index (κ1) is 19.6. The highest BCUT2D eigenvalue weighted by Gasteiger charge is 2.32. The number of hydrogen-bond acceptors (Lipinski definition) is 6. The molecule has 2 amide bonds. The van der Waals surface area contributed by atoms with Crippen LogP contribution in [0.2, 0.25) is 0 Å². The van der Waals surface area contributed by atoms with E-state index in [1.807, 2.05) is 6.92 Å². The Morgan fingerprint density at radius 1 is 1.22 bits per heavy atom. The largest absolute Gasteiger partial charge is 0.455 e. The molecule has 1 fully saturated rings. The van der Waals surface area contributed by atoms with Crippen LogP contribution >= 0.6 is 11.3 Å². The van der Waals surface area contributed by atoms with E-state index in [1.165, 1.54) is 28.6 Å². The summed E-state index contributed by atoms with van der Waals surface area (Å²) in [6.07, 6.45) is 1.63. The van der Waals surface area contributed by atoms with Crippen molar-refractivity contribution in [3.63, 3.8) is 0 Å². The van der Waals surface area contributed by atoms with Gasteiger partial charge in [0.05, 0.1) is 5.56 Å². The Kier molecular flexibility index (Phi) is 5.15. The first-order valence-corrected chi connectivity index (χ1v) is 10.7. The molecule has 0 aliphatic carbocycles. The number of nitrogens with two attached hydrogens (primary N) is 1. The monoisotopic (exact) mass is 411 g/mol. The molecule has 2 aromatic heterocycles. The summed E-state index contributed by atoms with van der Waals surface area (Å²) >= 11 is 1.23. The molecule has 146 valence electrons. The fraction of sp³-hybridized carbons (Fsp3) is 0.412. The van der Waals surface area contributed by atoms with Crippen molar-refractivity contribution in [2.45, 2.75) is 38.5 Å². The predicted octanol–water partition coefficient (Wildman–Crippen LogP) is 2.40. The summed E-state index contributed by atoms with van der Waals surface area (Å²) < 4.78 is 32.2. The SMILES string of the molecule is Cc1oc(C(=O)Nc2sc(C)c(C)c2C(N)=O)cc1S(=O)(=O)N1CCCC1. The van der Waals surface area contributed by atoms with Crippen molar-refractivity contribution in [1.82, 2.24) is 4.31 Å². The van der Waals surface area contributed by atoms with Gasteiger partial charge in [0, 0.05) is 24.0 Å². The van der Waals surface area contributed by atoms with Gasteiger partial charge in [0.2, 0.25) is 10.0 Å². The van der Waals surface area contributed by atoms with Gasteiger partial charge in [0.1, 0.15) is 15.7 Å². The third kappa shape index (κ3) is 3.52. The molecular weight excluding hydrogens is 390 g/mol. The first-order chi connectivity index (χ1) is 12.6. The molecule has 10 heteroatoms. The van der Waals surface area contributed by atoms with Gasteiger partial charge in [-0.25, -0.2) is 8.42 Å². The lowest BCUT2D eigenvalue weighted by atomic mass is 10.1. The van der Waals surface area contributed by atoms with Crippen LogP contribution in [0.3, 0.4) is 0 Å². The number of thiophene rings is 1. The molecule has 1 aliphatic heterocycles. The van der Waals surface area contributed by atoms with Gasteiger partial charge in [-0.15, -0.1) is 11.3 Å². The Hall–Kier alpha value is -2.17. The van der Waals surface area contributed by atoms with Crippen molar-refractivity contribution in [2.75, 3.05) is 18.4 Å². The van der Waals surface area contributed by atoms with Crippen molar-refractivity contribution in [1.29, 1.82) is 0 Å². The second-order valence-corrected chi connectivity index (χ2v) is 9.58. The number of sulfonamides is 1. The fourth-order valence-corrected chi connectivity index (χ4v) is 5.82. The molecule has 27 heavy (non-hydrogen) atoms. The Bertz CT molecular complexity index is 1010. The van der Waals surface area contributed by atoms with Gasteiger partial charge in [-0.1, -0.05) is 0 Å². The van der Waals surface area contributed by atoms with Crippen LogP contribution < -0.4 is 11.1 Å². The minimum Gasteiger partial charge on any atom is -0.455 e. The van der Waals surface area contributed by atoms with Crippen molar-refractivity contribution in [3.05, 3.63) is 33.6 Å². The van der Waals surface area contributed by atoms with Crippen LogP contribution in [-0.4, -0.2) is 37.6 Å². The Morgan fingerprint density at radius 3 is 2.44 bits per heavy atom. The van der Waals surface area contributed by atoms with Crippen molar-refractivity contribution >= 4 is 38.2 Å². The Labute approximate surface area is 161 Å². The second kappa shape index (κ2) is 7.10. The number of hydrogen-bond donors (Lipinski definition) is 2. The number of amides is 2. The fourth-order valence-electron chi connectivity index (χ4n) is 3.08. The molecule has 3 rings (SSSR count). The number of carbonyl (C=O) groups is 2. The summed E-state index contributed by atoms with van der Waals surface area (Å²) in [7, 11) is -3.69. The zero-order chi connectivity index (χ0) is 19.9. The van der Waals surface area contributed by atoms with E-state index in [9.17, 15) is 18.0 Å². The molecule has 8 nitrogen and oxygen atoms in total. The Balaban J connectivity index is 1.89. The standard InChI is InChI=1S/C17H21N3O5S2/c1-9-11(3)26-17(14(9)15(18)21)19-16(22)12-8-13(10(2)25-12)27(23,24)20-6-4-5-7-20/h8H,4-7H2,1-3H3,(H2,18,21)(H,19,22). The average Bonchev–Trinajstić information content (AvgIpc) is 3.28. The third-order valence-corrected chi connectivity index (χ3v) is 7.77. The topological polar surface area (TPSA) is 123 Å². The minimum absolute atomic E-state index is 0.0109. The second-order valence-electron chi connectivity index (χ2n) is 6.45. The maximum Gasteiger partial charge on any atom is 0.292 e. The average molecular weight is 412 g/mol. The predicted molar refractivity (Wildman–Crippen MR) is 102 cm³/mol. The number of rotatable bonds is 5. The van der Waals surface area contributed by atoms with Crippen LogP contribution in [-0.2, 0) is 10.0 Å². The van der Waals surface area contributed by atoms with E-state index in [2.05, 4.69) is 5.32 Å². The molecule has 0 spiro atoms. The normalized spacial score (nSPS) is 15.2. The lowest BCUT2D eigenvalue weighted by molar-refractivity contribution is 0.0995. The van der Waals surface area contributed by atoms with E-state index < -0.39 is 21.8 Å². The van der Waals surface area contributed by atoms with E-state index in [4.69, 9.17) is 10.2 Å². The highest BCUT2D eigenvalue weighted by Crippen LogP contribution is 2.33. The van der Waals surface area contributed by atoms with Gasteiger partial charge in [0.15, 0.2) is 5.76 Å². The van der Waals surface area contributed by atoms with Crippen LogP contribution in [0.4, 0.5) is 5.00 Å². The number of furan rings is 1. The van der Waals surface area contributed by atoms with Crippen LogP contribution in [0.25, 0.3) is 0 Å². The van der Waals surface area contributed by atoms with Crippen LogP contribution in [0.1, 0.15) is 50.0 Å². The molecule has 0 radical (unpaired) electrons. The van der Waals surface area contributed by atoms with E-state index in [1.54, 1.807) is 6.92 Å². The number of nitrogens with zero attached hydrogens (tertiary/aromatic N) is 1. The molecule has 3 N–H and O–H groups in total. The van der Waals surface area contributed by atoms with E-state index >= 15 is 0 Å². The van der Waals surface area contributed by atoms with E-state index in [-0.39, 0.29) is 22.0 Å². The summed E-state index contributed by atoms with van der Waals surface area (Å²) in [5, 5.41) is 2.93. The van der Waals surface area contributed by atoms with Crippen LogP contribution in [0.15, 0.2) is 15.4 Å². The minimum atomic E-state index is -3.69. The highest BCUT2D eigenvalue weighted by atomic mass is 32.2. The van der Waals surface area contributed by atoms with Crippen molar-refractivity contribution < 1.29 is 22.4 Å². The summed E-state index contributed by atoms with van der Waals surface area (Å²) in [5.74, 6) is -1.25. The smallest absolute Gasteiger partial charge is 0.292 e. The zero-order valence-electron chi connectivity index (χ0n) is 15.3. The molecule has 0 unspecified atom stereocenters. The molecule has 3 heterocycles. The molecule has 0 bridgehead atoms. The lowest BCUT2D eigenvalue weighted by Gasteiger charge is -2.14. The number of primary amides is 1. The van der Waals surface area contributed by atoms with Gasteiger partial charge >= 0.3 is 0 Å². The van der Waals surface area contributed by atoms with Gasteiger partial charge < -0.3 is 15.5 Å². The van der Waals surface area contributed by atoms with E-state index in [0.29, 0.717) is 23.7 Å². The maximum absolute atomic E-state index is 12.7. The summed E-state index contributed by atoms with van der Waals surface area (Å²) in [4.78, 5) is 25.1. The first-order valence-electron chi connectivity index (χ1n) is 8.44. The van der Waals surface area contributed by atoms with Gasteiger partial charge in [-0.3, -0.25) is 9.59 Å². The van der Waals surface area contributed by atoms with Crippen LogP contribution in [0.5, 0.6) is 0 Å². The number of anilines is 1. The molecule has 1 saturated heterocycles. The van der Waals surface area contributed by atoms with Gasteiger partial charge in [0.25, 0.3) is 11.8 Å². The molecule has 1 aliphatic rings. The zero-order valence-corrected chi connectivity index (χ0v) is 16.9. The number of nitrogens with one attached hydrogen (secondary N) is 1. The third-order valence-electron chi connectivity index (χ3n) is 4.64. The van der Waals surface area contributed by atoms with Crippen LogP contribution in [0, 0.1) is 20.8 Å². The Morgan fingerprint density at radius 2 is 1.85 bits per heavy atom. The van der Waals surface area contributed by atoms with Gasteiger partial charge in [-0.05, 0) is 39.2 Å². The maximum atomic E-state index is 12.7. The molecular formula is C17H21N3O5S2. The molecule has 0 saturated carbocycles. The van der Waals surface area contributed by atoms with Crippen molar-refractivity contribution in [2.24, 2.45) is 5.73 Å². The summed E-state index contributed by atoms with van der Waals surface area (Å²) in [5.41, 5.74) is 6.36. The molecule has 0 aromatic carbocycles. The summed E-state index contributed by atoms with van der Waals surface area (Å²) in [6.45, 7) is 6.00. The summed E-state index contributed by atoms with van der Waals surface area (Å²) in [6, 6.07) is 1.23. The van der Waals surface area contributed by atoms with E-state index in [0.717, 1.165) is 17.7 Å². The highest BCUT2D eigenvalue weighted by molar-refractivity contribution is 7.89. The number of carbonyl (C=O) groups excluding carboxylic acids is 2. The number of aryl methyl sites for hydroxylation is 2. The molecule has 2 aromatic rings.